The first kappa shape index (κ1) is 14.0. The highest BCUT2D eigenvalue weighted by molar-refractivity contribution is 7.10. The minimum atomic E-state index is -0.361. The molecular weight excluding hydrogens is 244 g/mol. The minimum Gasteiger partial charge on any atom is -0.386 e. The van der Waals surface area contributed by atoms with Gasteiger partial charge in [0, 0.05) is 18.0 Å². The molecule has 1 saturated heterocycles. The monoisotopic (exact) mass is 268 g/mol. The Balaban J connectivity index is 1.72. The van der Waals surface area contributed by atoms with Gasteiger partial charge < -0.3 is 15.3 Å². The van der Waals surface area contributed by atoms with Gasteiger partial charge in [-0.2, -0.15) is 0 Å². The molecule has 0 bridgehead atoms. The highest BCUT2D eigenvalue weighted by atomic mass is 32.1. The van der Waals surface area contributed by atoms with Gasteiger partial charge in [-0.25, -0.2) is 0 Å². The number of nitrogens with one attached hydrogen (secondary N) is 1. The van der Waals surface area contributed by atoms with Crippen LogP contribution in [0.5, 0.6) is 0 Å². The lowest BCUT2D eigenvalue weighted by Crippen LogP contribution is -2.42. The third kappa shape index (κ3) is 3.79. The van der Waals surface area contributed by atoms with Crippen LogP contribution in [0.2, 0.25) is 0 Å². The topological polar surface area (TPSA) is 35.5 Å². The van der Waals surface area contributed by atoms with Crippen LogP contribution in [-0.2, 0) is 0 Å². The Kier molecular flexibility index (Phi) is 4.78. The number of aliphatic hydroxyl groups is 1. The van der Waals surface area contributed by atoms with Crippen LogP contribution in [0.15, 0.2) is 17.5 Å². The number of thiophene rings is 1. The molecule has 0 spiro atoms. The lowest BCUT2D eigenvalue weighted by Gasteiger charge is -2.38. The van der Waals surface area contributed by atoms with Crippen molar-refractivity contribution in [3.05, 3.63) is 22.4 Å². The molecule has 0 saturated carbocycles. The van der Waals surface area contributed by atoms with Crippen LogP contribution >= 0.6 is 11.3 Å². The van der Waals surface area contributed by atoms with Crippen LogP contribution in [0.4, 0.5) is 0 Å². The molecule has 2 rings (SSSR count). The second-order valence-corrected chi connectivity index (χ2v) is 6.76. The summed E-state index contributed by atoms with van der Waals surface area (Å²) in [6.07, 6.45) is 2.12. The normalized spacial score (nSPS) is 21.9. The maximum atomic E-state index is 10.0. The lowest BCUT2D eigenvalue weighted by molar-refractivity contribution is 0.125. The molecule has 0 radical (unpaired) electrons. The molecule has 18 heavy (non-hydrogen) atoms. The summed E-state index contributed by atoms with van der Waals surface area (Å²) in [5.41, 5.74) is 0.391. The van der Waals surface area contributed by atoms with Crippen molar-refractivity contribution in [2.24, 2.45) is 5.41 Å². The molecule has 1 unspecified atom stereocenters. The fraction of sp³-hybridized carbons (Fsp3) is 0.714. The van der Waals surface area contributed by atoms with Gasteiger partial charge in [-0.3, -0.25) is 0 Å². The van der Waals surface area contributed by atoms with Gasteiger partial charge in [-0.15, -0.1) is 11.3 Å². The molecule has 4 heteroatoms. The van der Waals surface area contributed by atoms with Gasteiger partial charge in [0.05, 0.1) is 0 Å². The molecule has 1 atom stereocenters. The smallest absolute Gasteiger partial charge is 0.101 e. The van der Waals surface area contributed by atoms with Crippen molar-refractivity contribution in [2.75, 3.05) is 33.2 Å². The van der Waals surface area contributed by atoms with E-state index in [9.17, 15) is 5.11 Å². The van der Waals surface area contributed by atoms with E-state index in [1.165, 1.54) is 25.9 Å². The Morgan fingerprint density at radius 3 is 2.83 bits per heavy atom. The highest BCUT2D eigenvalue weighted by Crippen LogP contribution is 2.29. The molecule has 2 heterocycles. The molecule has 3 nitrogen and oxygen atoms in total. The fourth-order valence-corrected chi connectivity index (χ4v) is 3.14. The van der Waals surface area contributed by atoms with Gasteiger partial charge in [-0.05, 0) is 49.8 Å². The zero-order valence-electron chi connectivity index (χ0n) is 11.4. The second kappa shape index (κ2) is 6.15. The third-order valence-corrected chi connectivity index (χ3v) is 4.93. The fourth-order valence-electron chi connectivity index (χ4n) is 2.43. The summed E-state index contributed by atoms with van der Waals surface area (Å²) < 4.78 is 0. The Bertz CT molecular complexity index is 345. The molecule has 2 N–H and O–H groups in total. The van der Waals surface area contributed by atoms with Crippen molar-refractivity contribution in [1.82, 2.24) is 10.2 Å². The molecule has 1 aromatic heterocycles. The number of aliphatic hydroxyl groups excluding tert-OH is 1. The third-order valence-electron chi connectivity index (χ3n) is 3.96. The summed E-state index contributed by atoms with van der Waals surface area (Å²) in [5, 5.41) is 15.5. The predicted octanol–water partition coefficient (Wildman–Crippen LogP) is 2.10. The Labute approximate surface area is 114 Å². The maximum absolute atomic E-state index is 10.0. The van der Waals surface area contributed by atoms with E-state index in [2.05, 4.69) is 24.2 Å². The zero-order valence-corrected chi connectivity index (χ0v) is 12.2. The Morgan fingerprint density at radius 2 is 2.22 bits per heavy atom. The Morgan fingerprint density at radius 1 is 1.50 bits per heavy atom. The van der Waals surface area contributed by atoms with Gasteiger partial charge in [0.2, 0.25) is 0 Å². The average molecular weight is 268 g/mol. The van der Waals surface area contributed by atoms with Crippen molar-refractivity contribution in [3.63, 3.8) is 0 Å². The van der Waals surface area contributed by atoms with Crippen LogP contribution < -0.4 is 5.32 Å². The Hall–Kier alpha value is -0.420. The highest BCUT2D eigenvalue weighted by Gasteiger charge is 2.28. The van der Waals surface area contributed by atoms with E-state index < -0.39 is 0 Å². The summed E-state index contributed by atoms with van der Waals surface area (Å²) in [5.74, 6) is 0. The summed E-state index contributed by atoms with van der Waals surface area (Å²) in [6, 6.07) is 3.98. The molecular formula is C14H24N2OS. The van der Waals surface area contributed by atoms with Crippen molar-refractivity contribution < 1.29 is 5.11 Å². The quantitative estimate of drug-likeness (QED) is 0.858. The number of hydrogen-bond acceptors (Lipinski definition) is 4. The van der Waals surface area contributed by atoms with E-state index in [4.69, 9.17) is 0 Å². The SMILES string of the molecule is CN1CCC(C)(CNCC(O)c2cccs2)CC1. The molecule has 102 valence electrons. The van der Waals surface area contributed by atoms with Crippen molar-refractivity contribution in [1.29, 1.82) is 0 Å². The van der Waals surface area contributed by atoms with Crippen LogP contribution in [0.25, 0.3) is 0 Å². The van der Waals surface area contributed by atoms with Crippen LogP contribution in [0.1, 0.15) is 30.7 Å². The number of nitrogens with zero attached hydrogens (tertiary/aromatic N) is 1. The predicted molar refractivity (Wildman–Crippen MR) is 77.0 cm³/mol. The van der Waals surface area contributed by atoms with E-state index in [0.717, 1.165) is 11.4 Å². The average Bonchev–Trinajstić information content (AvgIpc) is 2.87. The summed E-state index contributed by atoms with van der Waals surface area (Å²) in [6.45, 7) is 6.39. The molecule has 1 aromatic rings. The number of rotatable bonds is 5. The summed E-state index contributed by atoms with van der Waals surface area (Å²) >= 11 is 1.62. The first-order chi connectivity index (χ1) is 8.59. The molecule has 0 aromatic carbocycles. The summed E-state index contributed by atoms with van der Waals surface area (Å²) in [4.78, 5) is 3.44. The van der Waals surface area contributed by atoms with Gasteiger partial charge in [0.1, 0.15) is 6.10 Å². The van der Waals surface area contributed by atoms with Gasteiger partial charge in [0.15, 0.2) is 0 Å². The first-order valence-electron chi connectivity index (χ1n) is 6.70. The van der Waals surface area contributed by atoms with Gasteiger partial charge in [0.25, 0.3) is 0 Å². The zero-order chi connectivity index (χ0) is 13.0. The van der Waals surface area contributed by atoms with Crippen LogP contribution in [0.3, 0.4) is 0 Å². The molecule has 0 aliphatic carbocycles. The lowest BCUT2D eigenvalue weighted by atomic mass is 9.80. The molecule has 1 aliphatic heterocycles. The van der Waals surface area contributed by atoms with Gasteiger partial charge >= 0.3 is 0 Å². The summed E-state index contributed by atoms with van der Waals surface area (Å²) in [7, 11) is 2.19. The number of likely N-dealkylation sites (tertiary alicyclic amines) is 1. The van der Waals surface area contributed by atoms with E-state index in [0.29, 0.717) is 12.0 Å². The van der Waals surface area contributed by atoms with Crippen molar-refractivity contribution >= 4 is 11.3 Å². The molecule has 1 aliphatic rings. The standard InChI is InChI=1S/C14H24N2OS/c1-14(5-7-16(2)8-6-14)11-15-10-12(17)13-4-3-9-18-13/h3-4,9,12,15,17H,5-8,10-11H2,1-2H3. The van der Waals surface area contributed by atoms with Crippen molar-refractivity contribution in [3.8, 4) is 0 Å². The minimum absolute atomic E-state index is 0.361. The maximum Gasteiger partial charge on any atom is 0.101 e. The van der Waals surface area contributed by atoms with Crippen molar-refractivity contribution in [2.45, 2.75) is 25.9 Å². The second-order valence-electron chi connectivity index (χ2n) is 5.78. The van der Waals surface area contributed by atoms with E-state index >= 15 is 0 Å². The van der Waals surface area contributed by atoms with E-state index in [1.807, 2.05) is 17.5 Å². The largest absolute Gasteiger partial charge is 0.386 e. The van der Waals surface area contributed by atoms with Crippen LogP contribution in [0, 0.1) is 5.41 Å². The number of piperidine rings is 1. The number of hydrogen-bond donors (Lipinski definition) is 2. The van der Waals surface area contributed by atoms with E-state index in [-0.39, 0.29) is 6.10 Å². The van der Waals surface area contributed by atoms with Gasteiger partial charge in [-0.1, -0.05) is 13.0 Å². The van der Waals surface area contributed by atoms with Crippen LogP contribution in [-0.4, -0.2) is 43.2 Å². The van der Waals surface area contributed by atoms with E-state index in [1.54, 1.807) is 11.3 Å². The molecule has 1 fully saturated rings. The molecule has 0 amide bonds. The first-order valence-corrected chi connectivity index (χ1v) is 7.58.